The van der Waals surface area contributed by atoms with Crippen LogP contribution in [0.15, 0.2) is 30.3 Å². The molecule has 0 radical (unpaired) electrons. The molecule has 4 atom stereocenters. The summed E-state index contributed by atoms with van der Waals surface area (Å²) in [4.78, 5) is 27.8. The van der Waals surface area contributed by atoms with E-state index >= 15 is 0 Å². The number of hydrogen-bond donors (Lipinski definition) is 2. The van der Waals surface area contributed by atoms with Gasteiger partial charge < -0.3 is 16.0 Å². The molecule has 1 aliphatic carbocycles. The lowest BCUT2D eigenvalue weighted by Gasteiger charge is -2.23. The zero-order valence-corrected chi connectivity index (χ0v) is 13.7. The lowest BCUT2D eigenvalue weighted by molar-refractivity contribution is -0.125. The molecule has 128 valence electrons. The first kappa shape index (κ1) is 15.4. The summed E-state index contributed by atoms with van der Waals surface area (Å²) in [6.07, 6.45) is 1.57. The fourth-order valence-corrected chi connectivity index (χ4v) is 4.36. The Balaban J connectivity index is 1.27. The topological polar surface area (TPSA) is 78.7 Å². The summed E-state index contributed by atoms with van der Waals surface area (Å²) in [5, 5.41) is 3.15. The van der Waals surface area contributed by atoms with Crippen LogP contribution >= 0.6 is 0 Å². The number of urea groups is 1. The SMILES string of the molecule is NC(=O)N1CCC[C@H]1C(=O)NC1[C@H]2CN(Cc3ccccc3)C[C@@H]12. The Morgan fingerprint density at radius 2 is 1.88 bits per heavy atom. The molecule has 2 heterocycles. The summed E-state index contributed by atoms with van der Waals surface area (Å²) >= 11 is 0. The molecular weight excluding hydrogens is 304 g/mol. The van der Waals surface area contributed by atoms with Crippen LogP contribution in [-0.4, -0.2) is 53.5 Å². The minimum absolute atomic E-state index is 0.0275. The standard InChI is InChI=1S/C18H24N4O2/c19-18(24)22-8-4-7-15(22)17(23)20-16-13-10-21(11-14(13)16)9-12-5-2-1-3-6-12/h1-3,5-6,13-16H,4,7-11H2,(H2,19,24)(H,20,23)/t13-,14+,15-,16?/m0/s1. The molecule has 6 nitrogen and oxygen atoms in total. The van der Waals surface area contributed by atoms with E-state index in [9.17, 15) is 9.59 Å². The van der Waals surface area contributed by atoms with Gasteiger partial charge in [-0.05, 0) is 30.2 Å². The van der Waals surface area contributed by atoms with E-state index in [0.717, 1.165) is 32.5 Å². The van der Waals surface area contributed by atoms with E-state index in [1.54, 1.807) is 0 Å². The molecule has 3 N–H and O–H groups in total. The quantitative estimate of drug-likeness (QED) is 0.857. The Bertz CT molecular complexity index is 623. The maximum atomic E-state index is 12.4. The molecule has 2 saturated heterocycles. The predicted molar refractivity (Wildman–Crippen MR) is 89.9 cm³/mol. The molecule has 0 spiro atoms. The number of benzene rings is 1. The van der Waals surface area contributed by atoms with Gasteiger partial charge in [-0.1, -0.05) is 30.3 Å². The van der Waals surface area contributed by atoms with Crippen LogP contribution in [0.5, 0.6) is 0 Å². The largest absolute Gasteiger partial charge is 0.351 e. The van der Waals surface area contributed by atoms with Crippen molar-refractivity contribution in [2.24, 2.45) is 17.6 Å². The van der Waals surface area contributed by atoms with Crippen molar-refractivity contribution in [3.8, 4) is 0 Å². The Morgan fingerprint density at radius 1 is 1.17 bits per heavy atom. The van der Waals surface area contributed by atoms with Gasteiger partial charge in [-0.3, -0.25) is 9.69 Å². The van der Waals surface area contributed by atoms with Crippen LogP contribution in [-0.2, 0) is 11.3 Å². The molecule has 3 fully saturated rings. The summed E-state index contributed by atoms with van der Waals surface area (Å²) in [6, 6.07) is 9.91. The highest BCUT2D eigenvalue weighted by atomic mass is 16.2. The fourth-order valence-electron chi connectivity index (χ4n) is 4.36. The molecule has 0 bridgehead atoms. The van der Waals surface area contributed by atoms with Crippen LogP contribution in [0.1, 0.15) is 18.4 Å². The number of amides is 3. The van der Waals surface area contributed by atoms with E-state index in [1.807, 2.05) is 6.07 Å². The van der Waals surface area contributed by atoms with Gasteiger partial charge in [0.2, 0.25) is 5.91 Å². The minimum atomic E-state index is -0.488. The van der Waals surface area contributed by atoms with E-state index in [-0.39, 0.29) is 18.0 Å². The monoisotopic (exact) mass is 328 g/mol. The molecule has 3 amide bonds. The highest BCUT2D eigenvalue weighted by Gasteiger charge is 2.56. The number of likely N-dealkylation sites (tertiary alicyclic amines) is 2. The number of carbonyl (C=O) groups is 2. The third kappa shape index (κ3) is 2.86. The third-order valence-electron chi connectivity index (χ3n) is 5.67. The molecule has 1 saturated carbocycles. The zero-order valence-electron chi connectivity index (χ0n) is 13.7. The second-order valence-electron chi connectivity index (χ2n) is 7.23. The van der Waals surface area contributed by atoms with E-state index < -0.39 is 6.03 Å². The van der Waals surface area contributed by atoms with Crippen LogP contribution in [0.25, 0.3) is 0 Å². The van der Waals surface area contributed by atoms with Crippen LogP contribution in [0.2, 0.25) is 0 Å². The van der Waals surface area contributed by atoms with E-state index in [2.05, 4.69) is 34.5 Å². The second kappa shape index (κ2) is 6.09. The summed E-state index contributed by atoms with van der Waals surface area (Å²) in [7, 11) is 0. The van der Waals surface area contributed by atoms with Gasteiger partial charge in [0.25, 0.3) is 0 Å². The van der Waals surface area contributed by atoms with Gasteiger partial charge >= 0.3 is 6.03 Å². The lowest BCUT2D eigenvalue weighted by atomic mass is 10.2. The molecule has 4 rings (SSSR count). The van der Waals surface area contributed by atoms with E-state index in [0.29, 0.717) is 18.4 Å². The van der Waals surface area contributed by atoms with Crippen LogP contribution in [0.4, 0.5) is 4.79 Å². The van der Waals surface area contributed by atoms with Gasteiger partial charge in [-0.25, -0.2) is 4.79 Å². The van der Waals surface area contributed by atoms with Crippen molar-refractivity contribution < 1.29 is 9.59 Å². The van der Waals surface area contributed by atoms with Crippen molar-refractivity contribution in [1.29, 1.82) is 0 Å². The normalized spacial score (nSPS) is 31.8. The van der Waals surface area contributed by atoms with E-state index in [1.165, 1.54) is 10.5 Å². The van der Waals surface area contributed by atoms with Gasteiger partial charge in [-0.2, -0.15) is 0 Å². The number of piperidine rings is 1. The number of primary amides is 1. The molecule has 1 aromatic carbocycles. The average Bonchev–Trinajstić information content (AvgIpc) is 3.00. The van der Waals surface area contributed by atoms with Gasteiger partial charge in [-0.15, -0.1) is 0 Å². The molecule has 2 aliphatic heterocycles. The Hall–Kier alpha value is -2.08. The van der Waals surface area contributed by atoms with Crippen molar-refractivity contribution in [3.63, 3.8) is 0 Å². The first-order valence-electron chi connectivity index (χ1n) is 8.76. The molecule has 0 aromatic heterocycles. The molecule has 1 aromatic rings. The summed E-state index contributed by atoms with van der Waals surface area (Å²) in [5.74, 6) is 1.09. The molecule has 6 heteroatoms. The molecule has 24 heavy (non-hydrogen) atoms. The summed E-state index contributed by atoms with van der Waals surface area (Å²) < 4.78 is 0. The molecular formula is C18H24N4O2. The van der Waals surface area contributed by atoms with Crippen molar-refractivity contribution in [1.82, 2.24) is 15.1 Å². The van der Waals surface area contributed by atoms with Crippen molar-refractivity contribution >= 4 is 11.9 Å². The highest BCUT2D eigenvalue weighted by molar-refractivity contribution is 5.87. The number of nitrogens with two attached hydrogens (primary N) is 1. The molecule has 1 unspecified atom stereocenters. The number of nitrogens with zero attached hydrogens (tertiary/aromatic N) is 2. The van der Waals surface area contributed by atoms with Gasteiger partial charge in [0.05, 0.1) is 0 Å². The van der Waals surface area contributed by atoms with Crippen LogP contribution < -0.4 is 11.1 Å². The van der Waals surface area contributed by atoms with Gasteiger partial charge in [0.15, 0.2) is 0 Å². The Kier molecular flexibility index (Phi) is 3.92. The zero-order chi connectivity index (χ0) is 16.7. The fraction of sp³-hybridized carbons (Fsp3) is 0.556. The molecule has 3 aliphatic rings. The van der Waals surface area contributed by atoms with E-state index in [4.69, 9.17) is 5.73 Å². The predicted octanol–water partition coefficient (Wildman–Crippen LogP) is 0.776. The highest BCUT2D eigenvalue weighted by Crippen LogP contribution is 2.46. The third-order valence-corrected chi connectivity index (χ3v) is 5.67. The average molecular weight is 328 g/mol. The summed E-state index contributed by atoms with van der Waals surface area (Å²) in [6.45, 7) is 3.64. The number of carbonyl (C=O) groups excluding carboxylic acids is 2. The second-order valence-corrected chi connectivity index (χ2v) is 7.23. The first-order valence-corrected chi connectivity index (χ1v) is 8.76. The Morgan fingerprint density at radius 3 is 2.54 bits per heavy atom. The van der Waals surface area contributed by atoms with Crippen molar-refractivity contribution in [3.05, 3.63) is 35.9 Å². The minimum Gasteiger partial charge on any atom is -0.351 e. The maximum absolute atomic E-state index is 12.4. The first-order chi connectivity index (χ1) is 11.6. The van der Waals surface area contributed by atoms with Crippen molar-refractivity contribution in [2.75, 3.05) is 19.6 Å². The smallest absolute Gasteiger partial charge is 0.315 e. The van der Waals surface area contributed by atoms with Gasteiger partial charge in [0.1, 0.15) is 6.04 Å². The maximum Gasteiger partial charge on any atom is 0.315 e. The number of nitrogens with one attached hydrogen (secondary N) is 1. The van der Waals surface area contributed by atoms with Gasteiger partial charge in [0, 0.05) is 32.2 Å². The van der Waals surface area contributed by atoms with Crippen molar-refractivity contribution in [2.45, 2.75) is 31.5 Å². The van der Waals surface area contributed by atoms with Crippen LogP contribution in [0.3, 0.4) is 0 Å². The lowest BCUT2D eigenvalue weighted by Crippen LogP contribution is -2.49. The van der Waals surface area contributed by atoms with Crippen LogP contribution in [0, 0.1) is 11.8 Å². The Labute approximate surface area is 142 Å². The summed E-state index contributed by atoms with van der Waals surface area (Å²) in [5.41, 5.74) is 6.69. The number of fused-ring (bicyclic) bond motifs is 1. The number of hydrogen-bond acceptors (Lipinski definition) is 3. The number of rotatable bonds is 4.